The van der Waals surface area contributed by atoms with Gasteiger partial charge in [-0.1, -0.05) is 20.3 Å². The quantitative estimate of drug-likeness (QED) is 0.757. The molecule has 2 N–H and O–H groups in total. The van der Waals surface area contributed by atoms with E-state index in [4.69, 9.17) is 16.3 Å². The van der Waals surface area contributed by atoms with Crippen LogP contribution in [0.1, 0.15) is 41.0 Å². The Hall–Kier alpha value is -0.460. The molecule has 3 atom stereocenters. The molecule has 1 heterocycles. The topological polar surface area (TPSA) is 70.9 Å². The monoisotopic (exact) mass is 336 g/mol. The summed E-state index contributed by atoms with van der Waals surface area (Å²) in [7, 11) is 0. The van der Waals surface area contributed by atoms with Gasteiger partial charge in [0.1, 0.15) is 5.60 Å². The molecule has 0 aromatic carbocycles. The van der Waals surface area contributed by atoms with E-state index in [0.29, 0.717) is 10.8 Å². The predicted octanol–water partition coefficient (Wildman–Crippen LogP) is 3.00. The fraction of sp³-hybridized carbons (Fsp3) is 0.857. The van der Waals surface area contributed by atoms with Crippen LogP contribution in [-0.4, -0.2) is 45.2 Å². The van der Waals surface area contributed by atoms with Gasteiger partial charge in [0, 0.05) is 0 Å². The molecular weight excluding hydrogens is 312 g/mol. The van der Waals surface area contributed by atoms with Crippen LogP contribution in [0.25, 0.3) is 0 Å². The van der Waals surface area contributed by atoms with E-state index >= 15 is 0 Å². The van der Waals surface area contributed by atoms with Crippen LogP contribution in [0.3, 0.4) is 0 Å². The third-order valence-electron chi connectivity index (χ3n) is 3.13. The molecule has 0 fully saturated rings. The summed E-state index contributed by atoms with van der Waals surface area (Å²) in [4.78, 5) is 16.3. The van der Waals surface area contributed by atoms with Crippen molar-refractivity contribution < 1.29 is 14.6 Å². The Kier molecular flexibility index (Phi) is 6.37. The summed E-state index contributed by atoms with van der Waals surface area (Å²) in [6.45, 7) is 9.53. The maximum atomic E-state index is 12.0. The standard InChI is InChI=1S/C14H25ClN2O3S/c1-6-9(2)10(16-12(18)20-13(3,4)5)11-17-14(19,7-15)8-21-11/h9-10,19H,6-8H2,1-5H3,(H,16,18)/t9-,10+,14?/m0/s1. The molecule has 0 saturated carbocycles. The van der Waals surface area contributed by atoms with Crippen LogP contribution < -0.4 is 5.32 Å². The van der Waals surface area contributed by atoms with Crippen LogP contribution in [0.4, 0.5) is 4.79 Å². The molecule has 1 aliphatic heterocycles. The first kappa shape index (κ1) is 18.6. The number of hydrogen-bond acceptors (Lipinski definition) is 5. The van der Waals surface area contributed by atoms with E-state index in [1.165, 1.54) is 11.8 Å². The highest BCUT2D eigenvalue weighted by molar-refractivity contribution is 8.14. The van der Waals surface area contributed by atoms with Gasteiger partial charge in [-0.05, 0) is 26.7 Å². The largest absolute Gasteiger partial charge is 0.444 e. The number of nitrogens with one attached hydrogen (secondary N) is 1. The number of carbonyl (C=O) groups is 1. The van der Waals surface area contributed by atoms with Gasteiger partial charge < -0.3 is 15.2 Å². The highest BCUT2D eigenvalue weighted by Crippen LogP contribution is 2.30. The van der Waals surface area contributed by atoms with E-state index in [2.05, 4.69) is 10.3 Å². The van der Waals surface area contributed by atoms with Gasteiger partial charge in [0.2, 0.25) is 0 Å². The first-order valence-corrected chi connectivity index (χ1v) is 8.62. The van der Waals surface area contributed by atoms with Gasteiger partial charge in [-0.3, -0.25) is 0 Å². The van der Waals surface area contributed by atoms with E-state index in [9.17, 15) is 9.90 Å². The number of hydrogen-bond donors (Lipinski definition) is 2. The Morgan fingerprint density at radius 1 is 1.62 bits per heavy atom. The third kappa shape index (κ3) is 5.68. The number of ether oxygens (including phenoxy) is 1. The Morgan fingerprint density at radius 2 is 2.24 bits per heavy atom. The summed E-state index contributed by atoms with van der Waals surface area (Å²) in [5, 5.41) is 13.7. The molecule has 0 saturated heterocycles. The normalized spacial score (nSPS) is 25.2. The Labute approximate surface area is 135 Å². The molecule has 5 nitrogen and oxygen atoms in total. The minimum absolute atomic E-state index is 0.0448. The lowest BCUT2D eigenvalue weighted by Gasteiger charge is -2.26. The molecule has 0 aromatic heterocycles. The van der Waals surface area contributed by atoms with Crippen LogP contribution >= 0.6 is 23.4 Å². The molecule has 122 valence electrons. The Balaban J connectivity index is 2.83. The maximum Gasteiger partial charge on any atom is 0.408 e. The summed E-state index contributed by atoms with van der Waals surface area (Å²) < 4.78 is 5.30. The SMILES string of the molecule is CC[C@H](C)[C@@H](NC(=O)OC(C)(C)C)C1=NC(O)(CCl)CS1. The third-order valence-corrected chi connectivity index (χ3v) is 4.81. The van der Waals surface area contributed by atoms with Crippen molar-refractivity contribution in [3.8, 4) is 0 Å². The second-order valence-corrected chi connectivity index (χ2v) is 7.63. The second kappa shape index (κ2) is 7.20. The number of amides is 1. The van der Waals surface area contributed by atoms with Crippen LogP contribution in [-0.2, 0) is 4.74 Å². The van der Waals surface area contributed by atoms with E-state index in [1.807, 2.05) is 34.6 Å². The summed E-state index contributed by atoms with van der Waals surface area (Å²) >= 11 is 7.17. The van der Waals surface area contributed by atoms with Crippen molar-refractivity contribution in [2.75, 3.05) is 11.6 Å². The molecule has 1 amide bonds. The molecular formula is C14H25ClN2O3S. The van der Waals surface area contributed by atoms with Crippen molar-refractivity contribution in [2.24, 2.45) is 10.9 Å². The van der Waals surface area contributed by atoms with Gasteiger partial charge in [-0.25, -0.2) is 9.79 Å². The average Bonchev–Trinajstić information content (AvgIpc) is 2.76. The molecule has 7 heteroatoms. The van der Waals surface area contributed by atoms with Crippen molar-refractivity contribution in [1.82, 2.24) is 5.32 Å². The lowest BCUT2D eigenvalue weighted by molar-refractivity contribution is 0.0505. The van der Waals surface area contributed by atoms with Crippen molar-refractivity contribution in [2.45, 2.75) is 58.4 Å². The maximum absolute atomic E-state index is 12.0. The number of halogens is 1. The second-order valence-electron chi connectivity index (χ2n) is 6.36. The first-order valence-electron chi connectivity index (χ1n) is 7.10. The highest BCUT2D eigenvalue weighted by atomic mass is 35.5. The van der Waals surface area contributed by atoms with E-state index in [0.717, 1.165) is 6.42 Å². The Morgan fingerprint density at radius 3 is 2.67 bits per heavy atom. The summed E-state index contributed by atoms with van der Waals surface area (Å²) in [5.74, 6) is 0.638. The zero-order valence-electron chi connectivity index (χ0n) is 13.3. The van der Waals surface area contributed by atoms with Crippen molar-refractivity contribution >= 4 is 34.5 Å². The number of carbonyl (C=O) groups excluding carboxylic acids is 1. The van der Waals surface area contributed by atoms with Gasteiger partial charge in [0.25, 0.3) is 0 Å². The van der Waals surface area contributed by atoms with Gasteiger partial charge in [-0.15, -0.1) is 23.4 Å². The molecule has 0 radical (unpaired) electrons. The minimum Gasteiger partial charge on any atom is -0.444 e. The fourth-order valence-corrected chi connectivity index (χ4v) is 3.32. The molecule has 1 aliphatic rings. The van der Waals surface area contributed by atoms with Crippen molar-refractivity contribution in [1.29, 1.82) is 0 Å². The summed E-state index contributed by atoms with van der Waals surface area (Å²) in [5.41, 5.74) is -1.78. The van der Waals surface area contributed by atoms with Gasteiger partial charge in [0.05, 0.1) is 22.7 Å². The van der Waals surface area contributed by atoms with Crippen LogP contribution in [0.5, 0.6) is 0 Å². The van der Waals surface area contributed by atoms with Gasteiger partial charge >= 0.3 is 6.09 Å². The molecule has 1 unspecified atom stereocenters. The van der Waals surface area contributed by atoms with E-state index < -0.39 is 17.4 Å². The molecule has 0 spiro atoms. The lowest BCUT2D eigenvalue weighted by atomic mass is 10.00. The Bertz CT molecular complexity index is 412. The molecule has 1 rings (SSSR count). The number of alkyl carbamates (subject to hydrolysis) is 1. The van der Waals surface area contributed by atoms with E-state index in [1.54, 1.807) is 0 Å². The van der Waals surface area contributed by atoms with Gasteiger partial charge in [0.15, 0.2) is 5.72 Å². The predicted molar refractivity (Wildman–Crippen MR) is 88.2 cm³/mol. The number of aliphatic hydroxyl groups is 1. The summed E-state index contributed by atoms with van der Waals surface area (Å²) in [6, 6.07) is -0.271. The fourth-order valence-electron chi connectivity index (χ4n) is 1.80. The zero-order chi connectivity index (χ0) is 16.3. The smallest absolute Gasteiger partial charge is 0.408 e. The summed E-state index contributed by atoms with van der Waals surface area (Å²) in [6.07, 6.45) is 0.400. The average molecular weight is 337 g/mol. The van der Waals surface area contributed by atoms with Gasteiger partial charge in [-0.2, -0.15) is 0 Å². The number of alkyl halides is 1. The highest BCUT2D eigenvalue weighted by Gasteiger charge is 2.37. The van der Waals surface area contributed by atoms with Crippen LogP contribution in [0.15, 0.2) is 4.99 Å². The van der Waals surface area contributed by atoms with Crippen molar-refractivity contribution in [3.05, 3.63) is 0 Å². The number of rotatable bonds is 5. The van der Waals surface area contributed by atoms with E-state index in [-0.39, 0.29) is 17.8 Å². The molecule has 0 aliphatic carbocycles. The number of thioether (sulfide) groups is 1. The molecule has 21 heavy (non-hydrogen) atoms. The number of aliphatic imine (C=N–C) groups is 1. The van der Waals surface area contributed by atoms with Crippen molar-refractivity contribution in [3.63, 3.8) is 0 Å². The van der Waals surface area contributed by atoms with Crippen LogP contribution in [0, 0.1) is 5.92 Å². The van der Waals surface area contributed by atoms with Crippen LogP contribution in [0.2, 0.25) is 0 Å². The zero-order valence-corrected chi connectivity index (χ0v) is 14.8. The lowest BCUT2D eigenvalue weighted by Crippen LogP contribution is -2.46. The number of nitrogens with zero attached hydrogens (tertiary/aromatic N) is 1. The minimum atomic E-state index is -1.23. The first-order chi connectivity index (χ1) is 9.60. The molecule has 0 aromatic rings. The molecule has 0 bridgehead atoms.